The SMILES string of the molecule is COc1ccc(C2CC(O)C2)c(S)c1. The summed E-state index contributed by atoms with van der Waals surface area (Å²) in [6.07, 6.45) is 1.61. The van der Waals surface area contributed by atoms with Gasteiger partial charge in [-0.15, -0.1) is 12.6 Å². The Morgan fingerprint density at radius 3 is 2.64 bits per heavy atom. The molecule has 1 fully saturated rings. The Bertz CT molecular complexity index is 332. The summed E-state index contributed by atoms with van der Waals surface area (Å²) in [6, 6.07) is 5.90. The molecule has 0 unspecified atom stereocenters. The average molecular weight is 210 g/mol. The molecule has 1 saturated carbocycles. The van der Waals surface area contributed by atoms with Crippen LogP contribution in [0.25, 0.3) is 0 Å². The van der Waals surface area contributed by atoms with Crippen molar-refractivity contribution >= 4 is 12.6 Å². The summed E-state index contributed by atoms with van der Waals surface area (Å²) >= 11 is 4.42. The van der Waals surface area contributed by atoms with E-state index in [1.165, 1.54) is 5.56 Å². The highest BCUT2D eigenvalue weighted by atomic mass is 32.1. The number of aliphatic hydroxyl groups excluding tert-OH is 1. The summed E-state index contributed by atoms with van der Waals surface area (Å²) in [5.41, 5.74) is 1.22. The van der Waals surface area contributed by atoms with Crippen molar-refractivity contribution in [3.63, 3.8) is 0 Å². The molecule has 1 N–H and O–H groups in total. The number of thiol groups is 1. The largest absolute Gasteiger partial charge is 0.497 e. The molecule has 0 saturated heterocycles. The molecule has 1 aromatic carbocycles. The van der Waals surface area contributed by atoms with Crippen LogP contribution >= 0.6 is 12.6 Å². The highest BCUT2D eigenvalue weighted by Crippen LogP contribution is 2.40. The quantitative estimate of drug-likeness (QED) is 0.733. The molecule has 0 atom stereocenters. The second-order valence-corrected chi connectivity index (χ2v) is 4.23. The molecular formula is C11H14O2S. The van der Waals surface area contributed by atoms with Crippen LogP contribution in [0, 0.1) is 0 Å². The Labute approximate surface area is 89.3 Å². The minimum atomic E-state index is -0.116. The van der Waals surface area contributed by atoms with Gasteiger partial charge in [-0.2, -0.15) is 0 Å². The summed E-state index contributed by atoms with van der Waals surface area (Å²) in [5, 5.41) is 9.22. The van der Waals surface area contributed by atoms with Crippen molar-refractivity contribution < 1.29 is 9.84 Å². The highest BCUT2D eigenvalue weighted by molar-refractivity contribution is 7.80. The average Bonchev–Trinajstić information content (AvgIpc) is 2.13. The Morgan fingerprint density at radius 1 is 1.43 bits per heavy atom. The summed E-state index contributed by atoms with van der Waals surface area (Å²) in [6.45, 7) is 0. The third-order valence-corrected chi connectivity index (χ3v) is 3.18. The minimum absolute atomic E-state index is 0.116. The molecule has 3 heteroatoms. The Balaban J connectivity index is 2.18. The zero-order valence-electron chi connectivity index (χ0n) is 8.10. The van der Waals surface area contributed by atoms with Crippen molar-refractivity contribution in [1.82, 2.24) is 0 Å². The van der Waals surface area contributed by atoms with Gasteiger partial charge in [0.05, 0.1) is 13.2 Å². The number of ether oxygens (including phenoxy) is 1. The first kappa shape index (κ1) is 9.87. The van der Waals surface area contributed by atoms with E-state index in [1.54, 1.807) is 7.11 Å². The van der Waals surface area contributed by atoms with Gasteiger partial charge in [0.1, 0.15) is 5.75 Å². The van der Waals surface area contributed by atoms with Gasteiger partial charge >= 0.3 is 0 Å². The molecule has 2 nitrogen and oxygen atoms in total. The molecule has 0 bridgehead atoms. The molecule has 76 valence electrons. The first-order valence-electron chi connectivity index (χ1n) is 4.75. The topological polar surface area (TPSA) is 29.5 Å². The van der Waals surface area contributed by atoms with Gasteiger partial charge in [-0.3, -0.25) is 0 Å². The zero-order chi connectivity index (χ0) is 10.1. The molecule has 0 radical (unpaired) electrons. The monoisotopic (exact) mass is 210 g/mol. The lowest BCUT2D eigenvalue weighted by atomic mass is 9.77. The van der Waals surface area contributed by atoms with Crippen LogP contribution in [0.5, 0.6) is 5.75 Å². The predicted molar refractivity (Wildman–Crippen MR) is 58.2 cm³/mol. The van der Waals surface area contributed by atoms with Crippen LogP contribution < -0.4 is 4.74 Å². The number of rotatable bonds is 2. The van der Waals surface area contributed by atoms with Crippen molar-refractivity contribution in [2.75, 3.05) is 7.11 Å². The van der Waals surface area contributed by atoms with E-state index in [1.807, 2.05) is 18.2 Å². The lowest BCUT2D eigenvalue weighted by Gasteiger charge is -2.32. The summed E-state index contributed by atoms with van der Waals surface area (Å²) in [5.74, 6) is 1.31. The van der Waals surface area contributed by atoms with E-state index < -0.39 is 0 Å². The van der Waals surface area contributed by atoms with Gasteiger partial charge in [-0.1, -0.05) is 6.07 Å². The van der Waals surface area contributed by atoms with Gasteiger partial charge in [-0.25, -0.2) is 0 Å². The van der Waals surface area contributed by atoms with Crippen LogP contribution in [0.2, 0.25) is 0 Å². The van der Waals surface area contributed by atoms with Crippen molar-refractivity contribution in [2.24, 2.45) is 0 Å². The number of hydrogen-bond donors (Lipinski definition) is 2. The molecule has 0 spiro atoms. The van der Waals surface area contributed by atoms with Gasteiger partial charge in [0.15, 0.2) is 0 Å². The fourth-order valence-electron chi connectivity index (χ4n) is 1.84. The Morgan fingerprint density at radius 2 is 2.14 bits per heavy atom. The van der Waals surface area contributed by atoms with E-state index in [0.29, 0.717) is 5.92 Å². The number of hydrogen-bond acceptors (Lipinski definition) is 3. The number of benzene rings is 1. The fraction of sp³-hybridized carbons (Fsp3) is 0.455. The van der Waals surface area contributed by atoms with Crippen LogP contribution in [0.1, 0.15) is 24.3 Å². The standard InChI is InChI=1S/C11H14O2S/c1-13-9-2-3-10(11(14)6-9)7-4-8(12)5-7/h2-3,6-8,12,14H,4-5H2,1H3. The molecule has 0 aromatic heterocycles. The third-order valence-electron chi connectivity index (χ3n) is 2.79. The number of methoxy groups -OCH3 is 1. The molecule has 0 amide bonds. The normalized spacial score (nSPS) is 25.6. The fourth-order valence-corrected chi connectivity index (χ4v) is 2.22. The third kappa shape index (κ3) is 1.74. The second-order valence-electron chi connectivity index (χ2n) is 3.75. The van der Waals surface area contributed by atoms with E-state index in [2.05, 4.69) is 12.6 Å². The van der Waals surface area contributed by atoms with E-state index in [0.717, 1.165) is 23.5 Å². The maximum Gasteiger partial charge on any atom is 0.119 e. The van der Waals surface area contributed by atoms with E-state index in [4.69, 9.17) is 4.74 Å². The highest BCUT2D eigenvalue weighted by Gasteiger charge is 2.29. The smallest absolute Gasteiger partial charge is 0.119 e. The molecular weight excluding hydrogens is 196 g/mol. The molecule has 1 aliphatic carbocycles. The van der Waals surface area contributed by atoms with E-state index in [-0.39, 0.29) is 6.10 Å². The zero-order valence-corrected chi connectivity index (χ0v) is 9.00. The van der Waals surface area contributed by atoms with Crippen LogP contribution in [-0.2, 0) is 0 Å². The molecule has 0 aliphatic heterocycles. The maximum absolute atomic E-state index is 9.22. The summed E-state index contributed by atoms with van der Waals surface area (Å²) in [7, 11) is 1.65. The van der Waals surface area contributed by atoms with Crippen molar-refractivity contribution in [2.45, 2.75) is 29.8 Å². The second kappa shape index (κ2) is 3.83. The van der Waals surface area contributed by atoms with E-state index >= 15 is 0 Å². The Kier molecular flexibility index (Phi) is 2.70. The van der Waals surface area contributed by atoms with Gasteiger partial charge in [0.2, 0.25) is 0 Å². The number of aliphatic hydroxyl groups is 1. The van der Waals surface area contributed by atoms with Gasteiger partial charge < -0.3 is 9.84 Å². The van der Waals surface area contributed by atoms with Crippen molar-refractivity contribution in [1.29, 1.82) is 0 Å². The summed E-state index contributed by atoms with van der Waals surface area (Å²) < 4.78 is 5.10. The van der Waals surface area contributed by atoms with Crippen LogP contribution in [0.4, 0.5) is 0 Å². The predicted octanol–water partition coefficient (Wildman–Crippen LogP) is 2.22. The van der Waals surface area contributed by atoms with Crippen molar-refractivity contribution in [3.05, 3.63) is 23.8 Å². The molecule has 1 aromatic rings. The molecule has 1 aliphatic rings. The molecule has 0 heterocycles. The first-order chi connectivity index (χ1) is 6.70. The first-order valence-corrected chi connectivity index (χ1v) is 5.20. The van der Waals surface area contributed by atoms with Crippen molar-refractivity contribution in [3.8, 4) is 5.75 Å². The van der Waals surface area contributed by atoms with Crippen LogP contribution in [0.3, 0.4) is 0 Å². The lowest BCUT2D eigenvalue weighted by molar-refractivity contribution is 0.0738. The summed E-state index contributed by atoms with van der Waals surface area (Å²) in [4.78, 5) is 0.959. The molecule has 14 heavy (non-hydrogen) atoms. The van der Waals surface area contributed by atoms with E-state index in [9.17, 15) is 5.11 Å². The molecule has 2 rings (SSSR count). The maximum atomic E-state index is 9.22. The minimum Gasteiger partial charge on any atom is -0.497 e. The lowest BCUT2D eigenvalue weighted by Crippen LogP contribution is -2.26. The van der Waals surface area contributed by atoms with Gasteiger partial charge in [0.25, 0.3) is 0 Å². The van der Waals surface area contributed by atoms with Crippen LogP contribution in [-0.4, -0.2) is 18.3 Å². The van der Waals surface area contributed by atoms with Crippen LogP contribution in [0.15, 0.2) is 23.1 Å². The van der Waals surface area contributed by atoms with Gasteiger partial charge in [0, 0.05) is 4.90 Å². The Hall–Kier alpha value is -0.670. The van der Waals surface area contributed by atoms with Gasteiger partial charge in [-0.05, 0) is 36.5 Å².